The van der Waals surface area contributed by atoms with Gasteiger partial charge in [0.15, 0.2) is 13.2 Å². The zero-order valence-corrected chi connectivity index (χ0v) is 15.4. The standard InChI is InChI=1S/C18H17ClN2O6/c1-11-3-5-14(21(24)25)8-15(11)20-17(22)9-27-18(23)10-26-16-6-4-13(19)7-12(16)2/h3-8H,9-10H2,1-2H3,(H,20,22). The molecule has 2 rings (SSSR count). The fraction of sp³-hybridized carbons (Fsp3) is 0.222. The van der Waals surface area contributed by atoms with Crippen LogP contribution in [0.2, 0.25) is 5.02 Å². The van der Waals surface area contributed by atoms with E-state index in [1.165, 1.54) is 18.2 Å². The molecule has 0 atom stereocenters. The van der Waals surface area contributed by atoms with Crippen molar-refractivity contribution in [2.75, 3.05) is 18.5 Å². The predicted molar refractivity (Wildman–Crippen MR) is 99.1 cm³/mol. The second kappa shape index (κ2) is 9.00. The van der Waals surface area contributed by atoms with Gasteiger partial charge in [0.05, 0.1) is 10.6 Å². The van der Waals surface area contributed by atoms with Crippen molar-refractivity contribution < 1.29 is 24.0 Å². The predicted octanol–water partition coefficient (Wildman–Crippen LogP) is 3.43. The van der Waals surface area contributed by atoms with E-state index < -0.39 is 23.4 Å². The summed E-state index contributed by atoms with van der Waals surface area (Å²) in [7, 11) is 0. The number of carbonyl (C=O) groups excluding carboxylic acids is 2. The third-order valence-corrected chi connectivity index (χ3v) is 3.79. The molecular weight excluding hydrogens is 376 g/mol. The lowest BCUT2D eigenvalue weighted by molar-refractivity contribution is -0.384. The molecule has 0 aliphatic carbocycles. The average molecular weight is 393 g/mol. The van der Waals surface area contributed by atoms with Crippen LogP contribution < -0.4 is 10.1 Å². The maximum atomic E-state index is 11.9. The number of halogens is 1. The number of nitrogens with one attached hydrogen (secondary N) is 1. The second-order valence-electron chi connectivity index (χ2n) is 5.66. The van der Waals surface area contributed by atoms with E-state index in [2.05, 4.69) is 5.32 Å². The Hall–Kier alpha value is -3.13. The van der Waals surface area contributed by atoms with Crippen molar-refractivity contribution in [2.24, 2.45) is 0 Å². The van der Waals surface area contributed by atoms with Crippen LogP contribution in [0.5, 0.6) is 5.75 Å². The number of non-ortho nitro benzene ring substituents is 1. The van der Waals surface area contributed by atoms with E-state index in [1.807, 2.05) is 0 Å². The van der Waals surface area contributed by atoms with Crippen LogP contribution in [0.1, 0.15) is 11.1 Å². The molecule has 27 heavy (non-hydrogen) atoms. The molecule has 0 saturated heterocycles. The van der Waals surface area contributed by atoms with Crippen molar-refractivity contribution in [1.82, 2.24) is 0 Å². The van der Waals surface area contributed by atoms with E-state index in [4.69, 9.17) is 21.1 Å². The first-order valence-corrected chi connectivity index (χ1v) is 8.23. The first kappa shape index (κ1) is 20.2. The molecule has 0 aliphatic rings. The normalized spacial score (nSPS) is 10.2. The van der Waals surface area contributed by atoms with Crippen molar-refractivity contribution in [2.45, 2.75) is 13.8 Å². The molecule has 142 valence electrons. The third kappa shape index (κ3) is 5.96. The highest BCUT2D eigenvalue weighted by molar-refractivity contribution is 6.30. The summed E-state index contributed by atoms with van der Waals surface area (Å²) in [5.74, 6) is -0.863. The fourth-order valence-corrected chi connectivity index (χ4v) is 2.37. The van der Waals surface area contributed by atoms with Gasteiger partial charge in [0.25, 0.3) is 11.6 Å². The van der Waals surface area contributed by atoms with Gasteiger partial charge in [-0.1, -0.05) is 17.7 Å². The summed E-state index contributed by atoms with van der Waals surface area (Å²) in [4.78, 5) is 33.9. The van der Waals surface area contributed by atoms with Crippen LogP contribution in [0.25, 0.3) is 0 Å². The highest BCUT2D eigenvalue weighted by atomic mass is 35.5. The number of amides is 1. The van der Waals surface area contributed by atoms with E-state index in [0.717, 1.165) is 5.56 Å². The summed E-state index contributed by atoms with van der Waals surface area (Å²) >= 11 is 5.84. The highest BCUT2D eigenvalue weighted by Crippen LogP contribution is 2.22. The number of carbonyl (C=O) groups is 2. The van der Waals surface area contributed by atoms with E-state index in [0.29, 0.717) is 16.3 Å². The quantitative estimate of drug-likeness (QED) is 0.439. The summed E-state index contributed by atoms with van der Waals surface area (Å²) < 4.78 is 10.2. The summed E-state index contributed by atoms with van der Waals surface area (Å²) in [6.07, 6.45) is 0. The van der Waals surface area contributed by atoms with Crippen LogP contribution in [0.15, 0.2) is 36.4 Å². The molecule has 9 heteroatoms. The van der Waals surface area contributed by atoms with E-state index in [9.17, 15) is 19.7 Å². The maximum Gasteiger partial charge on any atom is 0.344 e. The number of nitro benzene ring substituents is 1. The Balaban J connectivity index is 1.84. The minimum atomic E-state index is -0.727. The second-order valence-corrected chi connectivity index (χ2v) is 6.10. The molecule has 1 N–H and O–H groups in total. The lowest BCUT2D eigenvalue weighted by Crippen LogP contribution is -2.24. The number of rotatable bonds is 7. The number of hydrogen-bond donors (Lipinski definition) is 1. The van der Waals surface area contributed by atoms with E-state index >= 15 is 0 Å². The van der Waals surface area contributed by atoms with Crippen molar-refractivity contribution in [3.8, 4) is 5.75 Å². The minimum Gasteiger partial charge on any atom is -0.482 e. The van der Waals surface area contributed by atoms with Crippen molar-refractivity contribution in [1.29, 1.82) is 0 Å². The Kier molecular flexibility index (Phi) is 6.73. The molecule has 0 fully saturated rings. The molecule has 2 aromatic carbocycles. The van der Waals surface area contributed by atoms with Gasteiger partial charge in [0.1, 0.15) is 5.75 Å². The van der Waals surface area contributed by atoms with Gasteiger partial charge in [0.2, 0.25) is 0 Å². The number of esters is 1. The molecule has 0 radical (unpaired) electrons. The van der Waals surface area contributed by atoms with Gasteiger partial charge in [-0.25, -0.2) is 4.79 Å². The smallest absolute Gasteiger partial charge is 0.344 e. The van der Waals surface area contributed by atoms with Crippen LogP contribution in [-0.4, -0.2) is 30.0 Å². The average Bonchev–Trinajstić information content (AvgIpc) is 2.61. The van der Waals surface area contributed by atoms with Gasteiger partial charge in [-0.2, -0.15) is 0 Å². The van der Waals surface area contributed by atoms with Gasteiger partial charge in [-0.05, 0) is 43.2 Å². The van der Waals surface area contributed by atoms with E-state index in [-0.39, 0.29) is 18.0 Å². The molecule has 0 saturated carbocycles. The topological polar surface area (TPSA) is 108 Å². The lowest BCUT2D eigenvalue weighted by atomic mass is 10.2. The monoisotopic (exact) mass is 392 g/mol. The van der Waals surface area contributed by atoms with Gasteiger partial charge >= 0.3 is 5.97 Å². The van der Waals surface area contributed by atoms with Crippen molar-refractivity contribution in [3.63, 3.8) is 0 Å². The van der Waals surface area contributed by atoms with Gasteiger partial charge in [-0.3, -0.25) is 14.9 Å². The first-order chi connectivity index (χ1) is 12.8. The third-order valence-electron chi connectivity index (χ3n) is 3.55. The van der Waals surface area contributed by atoms with Crippen LogP contribution in [0, 0.1) is 24.0 Å². The Labute approximate surface area is 160 Å². The highest BCUT2D eigenvalue weighted by Gasteiger charge is 2.13. The van der Waals surface area contributed by atoms with Crippen molar-refractivity contribution in [3.05, 3.63) is 62.7 Å². The Morgan fingerprint density at radius 3 is 2.52 bits per heavy atom. The zero-order chi connectivity index (χ0) is 20.0. The molecule has 0 spiro atoms. The molecule has 0 aliphatic heterocycles. The first-order valence-electron chi connectivity index (χ1n) is 7.85. The largest absolute Gasteiger partial charge is 0.482 e. The lowest BCUT2D eigenvalue weighted by Gasteiger charge is -2.10. The molecule has 8 nitrogen and oxygen atoms in total. The summed E-state index contributed by atoms with van der Waals surface area (Å²) in [6, 6.07) is 9.04. The molecule has 2 aromatic rings. The SMILES string of the molecule is Cc1ccc([N+](=O)[O-])cc1NC(=O)COC(=O)COc1ccc(Cl)cc1C. The van der Waals surface area contributed by atoms with Crippen LogP contribution in [-0.2, 0) is 14.3 Å². The summed E-state index contributed by atoms with van der Waals surface area (Å²) in [6.45, 7) is 2.56. The summed E-state index contributed by atoms with van der Waals surface area (Å²) in [5.41, 5.74) is 1.52. The van der Waals surface area contributed by atoms with Gasteiger partial charge in [0, 0.05) is 17.2 Å². The Morgan fingerprint density at radius 2 is 1.85 bits per heavy atom. The van der Waals surface area contributed by atoms with Crippen LogP contribution in [0.3, 0.4) is 0 Å². The van der Waals surface area contributed by atoms with Gasteiger partial charge in [-0.15, -0.1) is 0 Å². The minimum absolute atomic E-state index is 0.153. The van der Waals surface area contributed by atoms with Crippen molar-refractivity contribution >= 4 is 34.9 Å². The number of nitrogens with zero attached hydrogens (tertiary/aromatic N) is 1. The molecule has 0 heterocycles. The number of nitro groups is 1. The molecular formula is C18H17ClN2O6. The molecule has 0 bridgehead atoms. The maximum absolute atomic E-state index is 11.9. The fourth-order valence-electron chi connectivity index (χ4n) is 2.14. The van der Waals surface area contributed by atoms with Crippen LogP contribution >= 0.6 is 11.6 Å². The number of aryl methyl sites for hydroxylation is 2. The number of benzene rings is 2. The van der Waals surface area contributed by atoms with Crippen LogP contribution in [0.4, 0.5) is 11.4 Å². The van der Waals surface area contributed by atoms with Gasteiger partial charge < -0.3 is 14.8 Å². The molecule has 0 aromatic heterocycles. The van der Waals surface area contributed by atoms with E-state index in [1.54, 1.807) is 32.0 Å². The Bertz CT molecular complexity index is 884. The number of anilines is 1. The molecule has 0 unspecified atom stereocenters. The summed E-state index contributed by atoms with van der Waals surface area (Å²) in [5, 5.41) is 13.8. The number of ether oxygens (including phenoxy) is 2. The number of hydrogen-bond acceptors (Lipinski definition) is 6. The Morgan fingerprint density at radius 1 is 1.11 bits per heavy atom. The molecule has 1 amide bonds. The zero-order valence-electron chi connectivity index (χ0n) is 14.7.